The van der Waals surface area contributed by atoms with Gasteiger partial charge in [0, 0.05) is 16.8 Å². The van der Waals surface area contributed by atoms with Crippen LogP contribution in [0.1, 0.15) is 34.8 Å². The van der Waals surface area contributed by atoms with Gasteiger partial charge in [-0.2, -0.15) is 0 Å². The maximum Gasteiger partial charge on any atom is 0.348 e. The van der Waals surface area contributed by atoms with Gasteiger partial charge >= 0.3 is 5.97 Å². The summed E-state index contributed by atoms with van der Waals surface area (Å²) in [5.41, 5.74) is 6.21. The van der Waals surface area contributed by atoms with E-state index in [9.17, 15) is 4.79 Å². The minimum atomic E-state index is -0.262. The van der Waals surface area contributed by atoms with Crippen molar-refractivity contribution in [3.8, 4) is 0 Å². The molecule has 88 valence electrons. The zero-order chi connectivity index (χ0) is 12.0. The maximum atomic E-state index is 11.4. The first-order valence-corrected chi connectivity index (χ1v) is 6.17. The monoisotopic (exact) mass is 239 g/mol. The van der Waals surface area contributed by atoms with Gasteiger partial charge in [0.05, 0.1) is 7.11 Å². The highest BCUT2D eigenvalue weighted by Gasteiger charge is 2.61. The van der Waals surface area contributed by atoms with Crippen molar-refractivity contribution in [2.45, 2.75) is 25.7 Å². The van der Waals surface area contributed by atoms with E-state index in [1.165, 1.54) is 23.3 Å². The summed E-state index contributed by atoms with van der Waals surface area (Å²) in [5, 5.41) is 0. The van der Waals surface area contributed by atoms with Crippen LogP contribution in [0.15, 0.2) is 12.1 Å². The molecular formula is C12H17NO2S. The lowest BCUT2D eigenvalue weighted by atomic mass is 9.94. The molecule has 2 rings (SSSR count). The zero-order valence-corrected chi connectivity index (χ0v) is 10.7. The van der Waals surface area contributed by atoms with Crippen molar-refractivity contribution < 1.29 is 9.53 Å². The highest BCUT2D eigenvalue weighted by molar-refractivity contribution is 7.14. The summed E-state index contributed by atoms with van der Waals surface area (Å²) in [5.74, 6) is -0.262. The summed E-state index contributed by atoms with van der Waals surface area (Å²) in [4.78, 5) is 13.2. The van der Waals surface area contributed by atoms with Crippen LogP contribution in [-0.4, -0.2) is 19.6 Å². The number of hydrogen-bond donors (Lipinski definition) is 1. The number of ether oxygens (including phenoxy) is 1. The van der Waals surface area contributed by atoms with Crippen molar-refractivity contribution in [1.29, 1.82) is 0 Å². The second kappa shape index (κ2) is 3.57. The molecule has 1 unspecified atom stereocenters. The fraction of sp³-hybridized carbons (Fsp3) is 0.583. The van der Waals surface area contributed by atoms with Crippen molar-refractivity contribution in [3.63, 3.8) is 0 Å². The SMILES string of the molecule is COC(=O)c1ccc(C2(CN)CC2(C)C)s1. The topological polar surface area (TPSA) is 52.3 Å². The number of thiophene rings is 1. The highest BCUT2D eigenvalue weighted by atomic mass is 32.1. The standard InChI is InChI=1S/C12H17NO2S/c1-11(2)6-12(11,7-13)9-5-4-8(16-9)10(14)15-3/h4-5H,6-7,13H2,1-3H3. The first kappa shape index (κ1) is 11.6. The molecule has 1 aromatic heterocycles. The van der Waals surface area contributed by atoms with Crippen LogP contribution in [0.25, 0.3) is 0 Å². The fourth-order valence-corrected chi connectivity index (χ4v) is 3.69. The molecule has 0 amide bonds. The van der Waals surface area contributed by atoms with Gasteiger partial charge in [-0.25, -0.2) is 4.79 Å². The van der Waals surface area contributed by atoms with Crippen LogP contribution in [-0.2, 0) is 10.2 Å². The Morgan fingerprint density at radius 3 is 2.62 bits per heavy atom. The molecule has 1 aliphatic rings. The van der Waals surface area contributed by atoms with E-state index < -0.39 is 0 Å². The van der Waals surface area contributed by atoms with Crippen LogP contribution in [0.3, 0.4) is 0 Å². The van der Waals surface area contributed by atoms with Crippen LogP contribution in [0.5, 0.6) is 0 Å². The highest BCUT2D eigenvalue weighted by Crippen LogP contribution is 2.64. The summed E-state index contributed by atoms with van der Waals surface area (Å²) in [6.07, 6.45) is 1.09. The number of carbonyl (C=O) groups is 1. The quantitative estimate of drug-likeness (QED) is 0.822. The van der Waals surface area contributed by atoms with Crippen molar-refractivity contribution in [1.82, 2.24) is 0 Å². The predicted octanol–water partition coefficient (Wildman–Crippen LogP) is 2.16. The smallest absolute Gasteiger partial charge is 0.348 e. The van der Waals surface area contributed by atoms with Gasteiger partial charge in [-0.15, -0.1) is 11.3 Å². The Bertz CT molecular complexity index is 424. The first-order valence-electron chi connectivity index (χ1n) is 5.35. The zero-order valence-electron chi connectivity index (χ0n) is 9.87. The molecule has 1 aromatic rings. The average molecular weight is 239 g/mol. The minimum Gasteiger partial charge on any atom is -0.465 e. The number of methoxy groups -OCH3 is 1. The lowest BCUT2D eigenvalue weighted by molar-refractivity contribution is 0.0606. The molecule has 1 saturated carbocycles. The van der Waals surface area contributed by atoms with Gasteiger partial charge in [-0.1, -0.05) is 13.8 Å². The Hall–Kier alpha value is -0.870. The van der Waals surface area contributed by atoms with E-state index in [1.54, 1.807) is 0 Å². The lowest BCUT2D eigenvalue weighted by Crippen LogP contribution is -2.24. The van der Waals surface area contributed by atoms with Crippen molar-refractivity contribution in [3.05, 3.63) is 21.9 Å². The summed E-state index contributed by atoms with van der Waals surface area (Å²) >= 11 is 1.51. The van der Waals surface area contributed by atoms with Crippen LogP contribution in [0.2, 0.25) is 0 Å². The van der Waals surface area contributed by atoms with Gasteiger partial charge in [-0.05, 0) is 24.0 Å². The van der Waals surface area contributed by atoms with Crippen LogP contribution in [0.4, 0.5) is 0 Å². The number of nitrogens with two attached hydrogens (primary N) is 1. The van der Waals surface area contributed by atoms with Gasteiger partial charge in [0.2, 0.25) is 0 Å². The number of rotatable bonds is 3. The van der Waals surface area contributed by atoms with Crippen LogP contribution < -0.4 is 5.73 Å². The Kier molecular flexibility index (Phi) is 2.59. The molecule has 1 atom stereocenters. The predicted molar refractivity (Wildman–Crippen MR) is 64.8 cm³/mol. The average Bonchev–Trinajstić information content (AvgIpc) is 2.68. The maximum absolute atomic E-state index is 11.4. The number of carbonyl (C=O) groups excluding carboxylic acids is 1. The van der Waals surface area contributed by atoms with Gasteiger partial charge in [0.1, 0.15) is 4.88 Å². The molecule has 0 aromatic carbocycles. The Balaban J connectivity index is 2.29. The largest absolute Gasteiger partial charge is 0.465 e. The van der Waals surface area contributed by atoms with E-state index in [0.717, 1.165) is 6.42 Å². The van der Waals surface area contributed by atoms with E-state index >= 15 is 0 Å². The molecule has 0 aliphatic heterocycles. The molecule has 0 bridgehead atoms. The number of esters is 1. The van der Waals surface area contributed by atoms with E-state index in [4.69, 9.17) is 10.5 Å². The second-order valence-corrected chi connectivity index (χ2v) is 6.09. The Morgan fingerprint density at radius 2 is 2.19 bits per heavy atom. The van der Waals surface area contributed by atoms with Crippen molar-refractivity contribution >= 4 is 17.3 Å². The molecule has 0 spiro atoms. The minimum absolute atomic E-state index is 0.0734. The molecule has 1 aliphatic carbocycles. The summed E-state index contributed by atoms with van der Waals surface area (Å²) in [6.45, 7) is 5.08. The normalized spacial score (nSPS) is 26.5. The molecular weight excluding hydrogens is 222 g/mol. The molecule has 4 heteroatoms. The molecule has 2 N–H and O–H groups in total. The van der Waals surface area contributed by atoms with E-state index in [1.807, 2.05) is 12.1 Å². The Morgan fingerprint density at radius 1 is 1.56 bits per heavy atom. The van der Waals surface area contributed by atoms with E-state index in [2.05, 4.69) is 13.8 Å². The van der Waals surface area contributed by atoms with Crippen molar-refractivity contribution in [2.75, 3.05) is 13.7 Å². The third-order valence-corrected chi connectivity index (χ3v) is 5.00. The molecule has 0 radical (unpaired) electrons. The van der Waals surface area contributed by atoms with Gasteiger partial charge in [-0.3, -0.25) is 0 Å². The third-order valence-electron chi connectivity index (χ3n) is 3.73. The molecule has 3 nitrogen and oxygen atoms in total. The van der Waals surface area contributed by atoms with Gasteiger partial charge in [0.25, 0.3) is 0 Å². The molecule has 1 heterocycles. The third kappa shape index (κ3) is 1.48. The Labute approximate surface area is 99.6 Å². The first-order chi connectivity index (χ1) is 7.47. The van der Waals surface area contributed by atoms with Gasteiger partial charge in [0.15, 0.2) is 0 Å². The summed E-state index contributed by atoms with van der Waals surface area (Å²) in [6, 6.07) is 3.84. The molecule has 1 fully saturated rings. The number of hydrogen-bond acceptors (Lipinski definition) is 4. The van der Waals surface area contributed by atoms with E-state index in [0.29, 0.717) is 11.4 Å². The van der Waals surface area contributed by atoms with Crippen LogP contribution >= 0.6 is 11.3 Å². The lowest BCUT2D eigenvalue weighted by Gasteiger charge is -2.16. The van der Waals surface area contributed by atoms with Crippen LogP contribution in [0, 0.1) is 5.41 Å². The molecule has 16 heavy (non-hydrogen) atoms. The van der Waals surface area contributed by atoms with Crippen molar-refractivity contribution in [2.24, 2.45) is 11.1 Å². The second-order valence-electron chi connectivity index (χ2n) is 5.00. The molecule has 0 saturated heterocycles. The fourth-order valence-electron chi connectivity index (χ4n) is 2.39. The van der Waals surface area contributed by atoms with E-state index in [-0.39, 0.29) is 16.8 Å². The van der Waals surface area contributed by atoms with Gasteiger partial charge < -0.3 is 10.5 Å². The summed E-state index contributed by atoms with van der Waals surface area (Å²) in [7, 11) is 1.40. The summed E-state index contributed by atoms with van der Waals surface area (Å²) < 4.78 is 4.71.